The highest BCUT2D eigenvalue weighted by atomic mass is 35.5. The Bertz CT molecular complexity index is 568. The van der Waals surface area contributed by atoms with Crippen LogP contribution in [0.2, 0.25) is 5.02 Å². The zero-order chi connectivity index (χ0) is 12.6. The Labute approximate surface area is 110 Å². The monoisotopic (exact) mass is 267 g/mol. The molecule has 0 aliphatic carbocycles. The molecule has 0 aliphatic heterocycles. The molecule has 0 spiro atoms. The second-order valence-electron chi connectivity index (χ2n) is 4.95. The van der Waals surface area contributed by atoms with Crippen molar-refractivity contribution in [1.82, 2.24) is 5.32 Å². The second kappa shape index (κ2) is 4.31. The van der Waals surface area contributed by atoms with E-state index in [1.165, 1.54) is 11.3 Å². The molecule has 0 saturated heterocycles. The van der Waals surface area contributed by atoms with E-state index in [4.69, 9.17) is 11.6 Å². The summed E-state index contributed by atoms with van der Waals surface area (Å²) < 4.78 is 1.04. The van der Waals surface area contributed by atoms with Crippen molar-refractivity contribution in [3.63, 3.8) is 0 Å². The van der Waals surface area contributed by atoms with Crippen LogP contribution >= 0.6 is 22.9 Å². The second-order valence-corrected chi connectivity index (χ2v) is 6.38. The highest BCUT2D eigenvalue weighted by Crippen LogP contribution is 2.35. The molecule has 1 aromatic heterocycles. The molecule has 2 aromatic rings. The minimum Gasteiger partial charge on any atom is -0.347 e. The van der Waals surface area contributed by atoms with Crippen LogP contribution in [0, 0.1) is 0 Å². The summed E-state index contributed by atoms with van der Waals surface area (Å²) in [5.41, 5.74) is -0.253. The number of nitrogens with one attached hydrogen (secondary N) is 1. The molecule has 1 aromatic carbocycles. The van der Waals surface area contributed by atoms with Crippen LogP contribution in [0.5, 0.6) is 0 Å². The van der Waals surface area contributed by atoms with Crippen LogP contribution in [0.25, 0.3) is 10.1 Å². The largest absolute Gasteiger partial charge is 0.347 e. The summed E-state index contributed by atoms with van der Waals surface area (Å²) in [6.45, 7) is 5.85. The molecule has 1 heterocycles. The van der Waals surface area contributed by atoms with Crippen molar-refractivity contribution < 1.29 is 4.79 Å². The van der Waals surface area contributed by atoms with Crippen molar-refractivity contribution >= 4 is 38.9 Å². The molecule has 0 saturated carbocycles. The summed E-state index contributed by atoms with van der Waals surface area (Å²) in [5, 5.41) is 4.42. The molecule has 0 fully saturated rings. The van der Waals surface area contributed by atoms with Gasteiger partial charge in [0.05, 0.1) is 5.02 Å². The van der Waals surface area contributed by atoms with Crippen LogP contribution in [0.15, 0.2) is 24.3 Å². The standard InChI is InChI=1S/C13H14ClNOS/c1-13(2,3)15-12(16)11-10(14)8-6-4-5-7-9(8)17-11/h4-7H,1-3H3,(H,15,16). The van der Waals surface area contributed by atoms with Crippen LogP contribution in [0.1, 0.15) is 30.4 Å². The quantitative estimate of drug-likeness (QED) is 0.829. The summed E-state index contributed by atoms with van der Waals surface area (Å²) in [6, 6.07) is 7.77. The molecule has 0 bridgehead atoms. The Morgan fingerprint density at radius 1 is 1.29 bits per heavy atom. The van der Waals surface area contributed by atoms with Crippen LogP contribution in [-0.2, 0) is 0 Å². The van der Waals surface area contributed by atoms with E-state index >= 15 is 0 Å². The van der Waals surface area contributed by atoms with Gasteiger partial charge in [-0.3, -0.25) is 4.79 Å². The fourth-order valence-corrected chi connectivity index (χ4v) is 2.97. The van der Waals surface area contributed by atoms with E-state index in [2.05, 4.69) is 5.32 Å². The third kappa shape index (κ3) is 2.61. The lowest BCUT2D eigenvalue weighted by Crippen LogP contribution is -2.40. The lowest BCUT2D eigenvalue weighted by Gasteiger charge is -2.19. The van der Waals surface area contributed by atoms with Crippen molar-refractivity contribution in [2.45, 2.75) is 26.3 Å². The third-order valence-corrected chi connectivity index (χ3v) is 3.90. The van der Waals surface area contributed by atoms with Crippen molar-refractivity contribution in [3.8, 4) is 0 Å². The zero-order valence-electron chi connectivity index (χ0n) is 10.0. The molecule has 0 unspecified atom stereocenters. The van der Waals surface area contributed by atoms with Gasteiger partial charge in [0, 0.05) is 15.6 Å². The highest BCUT2D eigenvalue weighted by Gasteiger charge is 2.20. The maximum atomic E-state index is 12.1. The lowest BCUT2D eigenvalue weighted by molar-refractivity contribution is 0.0924. The van der Waals surface area contributed by atoms with Gasteiger partial charge in [0.1, 0.15) is 4.88 Å². The highest BCUT2D eigenvalue weighted by molar-refractivity contribution is 7.21. The minimum atomic E-state index is -0.253. The number of carbonyl (C=O) groups excluding carboxylic acids is 1. The van der Waals surface area contributed by atoms with Crippen molar-refractivity contribution in [1.29, 1.82) is 0 Å². The molecule has 2 nitrogen and oxygen atoms in total. The van der Waals surface area contributed by atoms with Gasteiger partial charge in [-0.15, -0.1) is 11.3 Å². The molecular formula is C13H14ClNOS. The topological polar surface area (TPSA) is 29.1 Å². The minimum absolute atomic E-state index is 0.108. The predicted octanol–water partition coefficient (Wildman–Crippen LogP) is 4.08. The smallest absolute Gasteiger partial charge is 0.263 e. The van der Waals surface area contributed by atoms with E-state index in [0.29, 0.717) is 9.90 Å². The number of amides is 1. The van der Waals surface area contributed by atoms with E-state index < -0.39 is 0 Å². The van der Waals surface area contributed by atoms with Gasteiger partial charge in [-0.05, 0) is 26.8 Å². The fraction of sp³-hybridized carbons (Fsp3) is 0.308. The number of hydrogen-bond donors (Lipinski definition) is 1. The van der Waals surface area contributed by atoms with Gasteiger partial charge in [-0.25, -0.2) is 0 Å². The van der Waals surface area contributed by atoms with E-state index in [-0.39, 0.29) is 11.4 Å². The predicted molar refractivity (Wildman–Crippen MR) is 74.1 cm³/mol. The van der Waals surface area contributed by atoms with Crippen LogP contribution in [0.3, 0.4) is 0 Å². The third-order valence-electron chi connectivity index (χ3n) is 2.23. The van der Waals surface area contributed by atoms with Crippen molar-refractivity contribution in [2.24, 2.45) is 0 Å². The number of benzene rings is 1. The van der Waals surface area contributed by atoms with E-state index in [9.17, 15) is 4.79 Å². The molecule has 1 N–H and O–H groups in total. The van der Waals surface area contributed by atoms with Crippen LogP contribution in [0.4, 0.5) is 0 Å². The van der Waals surface area contributed by atoms with E-state index in [1.54, 1.807) is 0 Å². The average molecular weight is 268 g/mol. The van der Waals surface area contributed by atoms with Crippen molar-refractivity contribution in [2.75, 3.05) is 0 Å². The van der Waals surface area contributed by atoms with Gasteiger partial charge in [-0.2, -0.15) is 0 Å². The Kier molecular flexibility index (Phi) is 3.15. The Morgan fingerprint density at radius 2 is 1.94 bits per heavy atom. The Balaban J connectivity index is 2.43. The number of halogens is 1. The van der Waals surface area contributed by atoms with E-state index in [0.717, 1.165) is 10.1 Å². The molecule has 0 atom stereocenters. The Hall–Kier alpha value is -1.06. The molecule has 2 rings (SSSR count). The van der Waals surface area contributed by atoms with Gasteiger partial charge in [-0.1, -0.05) is 29.8 Å². The van der Waals surface area contributed by atoms with Crippen LogP contribution < -0.4 is 5.32 Å². The molecule has 1 amide bonds. The summed E-state index contributed by atoms with van der Waals surface area (Å²) in [7, 11) is 0. The van der Waals surface area contributed by atoms with Gasteiger partial charge >= 0.3 is 0 Å². The molecule has 17 heavy (non-hydrogen) atoms. The Morgan fingerprint density at radius 3 is 2.53 bits per heavy atom. The molecule has 0 aliphatic rings. The SMILES string of the molecule is CC(C)(C)NC(=O)c1sc2ccccc2c1Cl. The first kappa shape index (κ1) is 12.4. The number of fused-ring (bicyclic) bond motifs is 1. The first-order valence-corrected chi connectivity index (χ1v) is 6.57. The molecular weight excluding hydrogens is 254 g/mol. The summed E-state index contributed by atoms with van der Waals surface area (Å²) >= 11 is 7.66. The van der Waals surface area contributed by atoms with Gasteiger partial charge in [0.25, 0.3) is 5.91 Å². The first-order valence-electron chi connectivity index (χ1n) is 5.38. The van der Waals surface area contributed by atoms with Gasteiger partial charge in [0.15, 0.2) is 0 Å². The normalized spacial score (nSPS) is 11.8. The summed E-state index contributed by atoms with van der Waals surface area (Å²) in [6.07, 6.45) is 0. The maximum absolute atomic E-state index is 12.1. The average Bonchev–Trinajstić information content (AvgIpc) is 2.55. The summed E-state index contributed by atoms with van der Waals surface area (Å²) in [5.74, 6) is -0.108. The molecule has 0 radical (unpaired) electrons. The van der Waals surface area contributed by atoms with Crippen LogP contribution in [-0.4, -0.2) is 11.4 Å². The van der Waals surface area contributed by atoms with Gasteiger partial charge < -0.3 is 5.32 Å². The molecule has 4 heteroatoms. The van der Waals surface area contributed by atoms with E-state index in [1.807, 2.05) is 45.0 Å². The van der Waals surface area contributed by atoms with Crippen molar-refractivity contribution in [3.05, 3.63) is 34.2 Å². The number of thiophene rings is 1. The number of hydrogen-bond acceptors (Lipinski definition) is 2. The summed E-state index contributed by atoms with van der Waals surface area (Å²) in [4.78, 5) is 12.7. The number of rotatable bonds is 1. The van der Waals surface area contributed by atoms with Gasteiger partial charge in [0.2, 0.25) is 0 Å². The number of carbonyl (C=O) groups is 1. The first-order chi connectivity index (χ1) is 7.88. The lowest BCUT2D eigenvalue weighted by atomic mass is 10.1. The fourth-order valence-electron chi connectivity index (χ4n) is 1.56. The zero-order valence-corrected chi connectivity index (χ0v) is 11.6. The molecule has 90 valence electrons. The maximum Gasteiger partial charge on any atom is 0.263 e.